The van der Waals surface area contributed by atoms with Crippen LogP contribution < -0.4 is 5.32 Å². The highest BCUT2D eigenvalue weighted by Crippen LogP contribution is 2.26. The van der Waals surface area contributed by atoms with E-state index in [4.69, 9.17) is 16.3 Å². The molecule has 4 rings (SSSR count). The van der Waals surface area contributed by atoms with Crippen LogP contribution in [0.3, 0.4) is 0 Å². The highest BCUT2D eigenvalue weighted by atomic mass is 35.5. The number of ether oxygens (including phenoxy) is 1. The van der Waals surface area contributed by atoms with Gasteiger partial charge in [0, 0.05) is 42.3 Å². The molecule has 0 saturated carbocycles. The molecule has 0 atom stereocenters. The number of H-pyrrole nitrogens is 1. The second-order valence-corrected chi connectivity index (χ2v) is 9.34. The van der Waals surface area contributed by atoms with Crippen molar-refractivity contribution < 1.29 is 17.9 Å². The fraction of sp³-hybridized carbons (Fsp3) is 0.286. The minimum absolute atomic E-state index is 0.0599. The lowest BCUT2D eigenvalue weighted by atomic mass is 10.1. The highest BCUT2D eigenvalue weighted by Gasteiger charge is 2.29. The zero-order valence-corrected chi connectivity index (χ0v) is 17.8. The first-order chi connectivity index (χ1) is 14.5. The van der Waals surface area contributed by atoms with Crippen molar-refractivity contribution in [3.8, 4) is 0 Å². The second kappa shape index (κ2) is 8.77. The lowest BCUT2D eigenvalue weighted by Crippen LogP contribution is -2.40. The maximum absolute atomic E-state index is 12.9. The van der Waals surface area contributed by atoms with Crippen LogP contribution in [0.25, 0.3) is 10.9 Å². The maximum Gasteiger partial charge on any atom is 0.251 e. The molecule has 2 aromatic carbocycles. The molecule has 1 aliphatic heterocycles. The third kappa shape index (κ3) is 4.22. The van der Waals surface area contributed by atoms with Gasteiger partial charge >= 0.3 is 0 Å². The number of sulfonamides is 1. The number of carbonyl (C=O) groups excluding carboxylic acids is 1. The first-order valence-corrected chi connectivity index (χ1v) is 11.5. The predicted molar refractivity (Wildman–Crippen MR) is 115 cm³/mol. The second-order valence-electron chi connectivity index (χ2n) is 7.03. The number of aromatic nitrogens is 1. The molecule has 30 heavy (non-hydrogen) atoms. The molecule has 1 fully saturated rings. The average Bonchev–Trinajstić information content (AvgIpc) is 3.17. The number of hydrogen-bond acceptors (Lipinski definition) is 4. The molecule has 1 aromatic heterocycles. The van der Waals surface area contributed by atoms with Crippen molar-refractivity contribution in [1.29, 1.82) is 0 Å². The Kier molecular flexibility index (Phi) is 6.10. The molecular formula is C21H22ClN3O4S. The summed E-state index contributed by atoms with van der Waals surface area (Å²) in [4.78, 5) is 15.8. The number of para-hydroxylation sites is 1. The van der Waals surface area contributed by atoms with Crippen LogP contribution >= 0.6 is 11.6 Å². The van der Waals surface area contributed by atoms with Crippen molar-refractivity contribution in [1.82, 2.24) is 14.6 Å². The first-order valence-electron chi connectivity index (χ1n) is 9.67. The third-order valence-electron chi connectivity index (χ3n) is 5.14. The number of halogens is 1. The summed E-state index contributed by atoms with van der Waals surface area (Å²) in [6.07, 6.45) is 2.59. The van der Waals surface area contributed by atoms with Crippen LogP contribution in [0.1, 0.15) is 15.9 Å². The molecule has 0 aliphatic carbocycles. The Hall–Kier alpha value is -2.39. The van der Waals surface area contributed by atoms with Crippen molar-refractivity contribution in [2.24, 2.45) is 0 Å². The van der Waals surface area contributed by atoms with E-state index in [9.17, 15) is 13.2 Å². The Morgan fingerprint density at radius 1 is 1.17 bits per heavy atom. The summed E-state index contributed by atoms with van der Waals surface area (Å²) in [7, 11) is -3.79. The molecule has 3 aromatic rings. The van der Waals surface area contributed by atoms with Gasteiger partial charge in [0.2, 0.25) is 10.0 Å². The summed E-state index contributed by atoms with van der Waals surface area (Å²) in [6, 6.07) is 12.3. The summed E-state index contributed by atoms with van der Waals surface area (Å²) < 4.78 is 32.4. The smallest absolute Gasteiger partial charge is 0.251 e. The van der Waals surface area contributed by atoms with Crippen LogP contribution in [0.5, 0.6) is 0 Å². The van der Waals surface area contributed by atoms with E-state index in [0.29, 0.717) is 26.2 Å². The minimum atomic E-state index is -3.79. The van der Waals surface area contributed by atoms with E-state index >= 15 is 0 Å². The number of nitrogens with zero attached hydrogens (tertiary/aromatic N) is 1. The molecule has 0 unspecified atom stereocenters. The van der Waals surface area contributed by atoms with Crippen LogP contribution in [-0.4, -0.2) is 56.5 Å². The number of carbonyl (C=O) groups is 1. The minimum Gasteiger partial charge on any atom is -0.379 e. The SMILES string of the molecule is O=C(NCCc1c[nH]c2ccccc12)c1ccc(Cl)c(S(=O)(=O)N2CCOCC2)c1. The van der Waals surface area contributed by atoms with E-state index in [1.54, 1.807) is 0 Å². The van der Waals surface area contributed by atoms with Gasteiger partial charge in [-0.3, -0.25) is 4.79 Å². The number of amides is 1. The fourth-order valence-corrected chi connectivity index (χ4v) is 5.43. The summed E-state index contributed by atoms with van der Waals surface area (Å²) >= 11 is 6.16. The fourth-order valence-electron chi connectivity index (χ4n) is 3.52. The van der Waals surface area contributed by atoms with Gasteiger partial charge in [-0.15, -0.1) is 0 Å². The van der Waals surface area contributed by atoms with Crippen molar-refractivity contribution >= 4 is 38.4 Å². The predicted octanol–water partition coefficient (Wildman–Crippen LogP) is 2.81. The van der Waals surface area contributed by atoms with Crippen LogP contribution in [0.4, 0.5) is 0 Å². The normalized spacial score (nSPS) is 15.4. The lowest BCUT2D eigenvalue weighted by Gasteiger charge is -2.26. The van der Waals surface area contributed by atoms with E-state index < -0.39 is 10.0 Å². The van der Waals surface area contributed by atoms with Crippen molar-refractivity contribution in [2.45, 2.75) is 11.3 Å². The number of aromatic amines is 1. The van der Waals surface area contributed by atoms with Gasteiger partial charge in [-0.05, 0) is 36.2 Å². The summed E-state index contributed by atoms with van der Waals surface area (Å²) in [6.45, 7) is 1.63. The number of fused-ring (bicyclic) bond motifs is 1. The van der Waals surface area contributed by atoms with E-state index in [1.807, 2.05) is 30.5 Å². The van der Waals surface area contributed by atoms with Gasteiger partial charge in [0.1, 0.15) is 4.90 Å². The molecule has 1 aliphatic rings. The zero-order chi connectivity index (χ0) is 21.1. The first kappa shape index (κ1) is 20.9. The monoisotopic (exact) mass is 447 g/mol. The molecule has 0 radical (unpaired) electrons. The Morgan fingerprint density at radius 2 is 1.93 bits per heavy atom. The topological polar surface area (TPSA) is 91.5 Å². The quantitative estimate of drug-likeness (QED) is 0.607. The molecular weight excluding hydrogens is 426 g/mol. The Morgan fingerprint density at radius 3 is 2.73 bits per heavy atom. The number of morpholine rings is 1. The number of benzene rings is 2. The van der Waals surface area contributed by atoms with Crippen LogP contribution in [-0.2, 0) is 21.2 Å². The lowest BCUT2D eigenvalue weighted by molar-refractivity contribution is 0.0730. The third-order valence-corrected chi connectivity index (χ3v) is 7.52. The summed E-state index contributed by atoms with van der Waals surface area (Å²) in [5.74, 6) is -0.343. The van der Waals surface area contributed by atoms with Crippen LogP contribution in [0, 0.1) is 0 Å². The molecule has 7 nitrogen and oxygen atoms in total. The van der Waals surface area contributed by atoms with E-state index in [-0.39, 0.29) is 34.5 Å². The summed E-state index contributed by atoms with van der Waals surface area (Å²) in [5.41, 5.74) is 2.41. The van der Waals surface area contributed by atoms with Crippen molar-refractivity contribution in [3.63, 3.8) is 0 Å². The number of rotatable bonds is 6. The van der Waals surface area contributed by atoms with Gasteiger partial charge in [0.05, 0.1) is 18.2 Å². The average molecular weight is 448 g/mol. The Labute approximate surface area is 180 Å². The van der Waals surface area contributed by atoms with Crippen molar-refractivity contribution in [2.75, 3.05) is 32.8 Å². The molecule has 0 spiro atoms. The van der Waals surface area contributed by atoms with Gasteiger partial charge in [-0.25, -0.2) is 8.42 Å². The number of nitrogens with one attached hydrogen (secondary N) is 2. The molecule has 0 bridgehead atoms. The number of hydrogen-bond donors (Lipinski definition) is 2. The molecule has 1 saturated heterocycles. The van der Waals surface area contributed by atoms with Gasteiger partial charge < -0.3 is 15.0 Å². The van der Waals surface area contributed by atoms with Crippen LogP contribution in [0.2, 0.25) is 5.02 Å². The zero-order valence-electron chi connectivity index (χ0n) is 16.2. The standard InChI is InChI=1S/C21H22ClN3O4S/c22-18-6-5-15(13-20(18)30(27,28)25-9-11-29-12-10-25)21(26)23-8-7-16-14-24-19-4-2-1-3-17(16)19/h1-6,13-14,24H,7-12H2,(H,23,26). The van der Waals surface area contributed by atoms with E-state index in [0.717, 1.165) is 16.5 Å². The van der Waals surface area contributed by atoms with Gasteiger partial charge in [-0.1, -0.05) is 29.8 Å². The molecule has 2 N–H and O–H groups in total. The highest BCUT2D eigenvalue weighted by molar-refractivity contribution is 7.89. The van der Waals surface area contributed by atoms with Crippen LogP contribution in [0.15, 0.2) is 53.6 Å². The molecule has 1 amide bonds. The van der Waals surface area contributed by atoms with E-state index in [1.165, 1.54) is 22.5 Å². The van der Waals surface area contributed by atoms with E-state index in [2.05, 4.69) is 10.3 Å². The Bertz CT molecular complexity index is 1170. The molecule has 9 heteroatoms. The maximum atomic E-state index is 12.9. The molecule has 158 valence electrons. The van der Waals surface area contributed by atoms with Crippen molar-refractivity contribution in [3.05, 3.63) is 64.8 Å². The van der Waals surface area contributed by atoms with Gasteiger partial charge in [0.25, 0.3) is 5.91 Å². The van der Waals surface area contributed by atoms with Gasteiger partial charge in [0.15, 0.2) is 0 Å². The summed E-state index contributed by atoms with van der Waals surface area (Å²) in [5, 5.41) is 4.07. The van der Waals surface area contributed by atoms with Gasteiger partial charge in [-0.2, -0.15) is 4.31 Å². The Balaban J connectivity index is 1.46. The molecule has 2 heterocycles. The largest absolute Gasteiger partial charge is 0.379 e.